The molecular weight excluding hydrogens is 458 g/mol. The number of benzene rings is 6. The molecule has 0 aliphatic rings. The summed E-state index contributed by atoms with van der Waals surface area (Å²) in [6.45, 7) is 0. The van der Waals surface area contributed by atoms with Crippen LogP contribution in [-0.2, 0) is 0 Å². The van der Waals surface area contributed by atoms with E-state index in [9.17, 15) is 9.50 Å². The Hall–Kier alpha value is -3.53. The van der Waals surface area contributed by atoms with Crippen molar-refractivity contribution in [2.45, 2.75) is 0 Å². The lowest BCUT2D eigenvalue weighted by molar-refractivity contribution is 0.482. The van der Waals surface area contributed by atoms with E-state index in [1.807, 2.05) is 36.4 Å². The lowest BCUT2D eigenvalue weighted by Crippen LogP contribution is -1.83. The van der Waals surface area contributed by atoms with Gasteiger partial charge in [0.15, 0.2) is 5.58 Å². The highest BCUT2D eigenvalue weighted by Crippen LogP contribution is 2.40. The minimum Gasteiger partial charge on any atom is -0.506 e. The minimum absolute atomic E-state index is 0.0696. The number of phenolic OH excluding ortho intramolecular Hbond substituents is 1. The molecule has 1 aromatic heterocycles. The Morgan fingerprint density at radius 2 is 1.12 bits per heavy atom. The van der Waals surface area contributed by atoms with Gasteiger partial charge in [0.2, 0.25) is 0 Å². The van der Waals surface area contributed by atoms with Gasteiger partial charge in [0.05, 0.1) is 10.0 Å². The smallest absolute Gasteiger partial charge is 0.154 e. The van der Waals surface area contributed by atoms with Gasteiger partial charge in [-0.15, -0.1) is 0 Å². The van der Waals surface area contributed by atoms with Crippen LogP contribution in [0.4, 0.5) is 4.39 Å². The van der Waals surface area contributed by atoms with Crippen molar-refractivity contribution in [3.05, 3.63) is 101 Å². The average Bonchev–Trinajstić information content (AvgIpc) is 3.23. The predicted octanol–water partition coefficient (Wildman–Crippen LogP) is 9.32. The zero-order valence-electron chi connectivity index (χ0n) is 17.1. The van der Waals surface area contributed by atoms with E-state index in [-0.39, 0.29) is 16.6 Å². The van der Waals surface area contributed by atoms with Crippen LogP contribution < -0.4 is 0 Å². The number of phenols is 1. The molecule has 0 bridgehead atoms. The second-order valence-electron chi connectivity index (χ2n) is 7.89. The lowest BCUT2D eigenvalue weighted by atomic mass is 10.0. The molecule has 0 spiro atoms. The highest BCUT2D eigenvalue weighted by Gasteiger charge is 2.14. The first-order valence-corrected chi connectivity index (χ1v) is 11.1. The third-order valence-corrected chi connectivity index (χ3v) is 6.61. The Morgan fingerprint density at radius 1 is 0.576 bits per heavy atom. The molecule has 6 aromatic carbocycles. The van der Waals surface area contributed by atoms with E-state index in [1.54, 1.807) is 24.3 Å². The van der Waals surface area contributed by atoms with Gasteiger partial charge in [0, 0.05) is 21.5 Å². The summed E-state index contributed by atoms with van der Waals surface area (Å²) in [4.78, 5) is 0. The number of aromatic hydroxyl groups is 1. The molecule has 160 valence electrons. The summed E-state index contributed by atoms with van der Waals surface area (Å²) in [6.07, 6.45) is 0. The van der Waals surface area contributed by atoms with Crippen LogP contribution in [0.15, 0.2) is 89.3 Å². The molecule has 7 aromatic rings. The first kappa shape index (κ1) is 20.1. The molecule has 33 heavy (non-hydrogen) atoms. The van der Waals surface area contributed by atoms with Gasteiger partial charge >= 0.3 is 0 Å². The molecule has 0 unspecified atom stereocenters. The van der Waals surface area contributed by atoms with Crippen molar-refractivity contribution >= 4 is 77.5 Å². The largest absolute Gasteiger partial charge is 0.506 e. The van der Waals surface area contributed by atoms with E-state index in [0.29, 0.717) is 15.8 Å². The van der Waals surface area contributed by atoms with Crippen molar-refractivity contribution < 1.29 is 13.9 Å². The maximum atomic E-state index is 13.9. The van der Waals surface area contributed by atoms with Gasteiger partial charge in [0.1, 0.15) is 17.1 Å². The lowest BCUT2D eigenvalue weighted by Gasteiger charge is -2.07. The molecule has 0 radical (unpaired) electrons. The standard InChI is InChI=1S/C14H8ClFO.C14H7ClO/c15-10-7-6-9-5-4-8-2-1-3-11(16)12(8)13(9)14(10)17;15-10-7-6-9-5-4-8-2-1-3-11-12(8)13(9)14(10)16-11/h1-7,17H;1-7H. The van der Waals surface area contributed by atoms with Crippen LogP contribution in [0.1, 0.15) is 0 Å². The summed E-state index contributed by atoms with van der Waals surface area (Å²) in [5, 5.41) is 18.0. The molecule has 7 rings (SSSR count). The summed E-state index contributed by atoms with van der Waals surface area (Å²) in [5.74, 6) is -0.425. The van der Waals surface area contributed by atoms with Crippen LogP contribution in [-0.4, -0.2) is 5.11 Å². The van der Waals surface area contributed by atoms with Gasteiger partial charge in [-0.3, -0.25) is 0 Å². The van der Waals surface area contributed by atoms with Crippen molar-refractivity contribution in [1.29, 1.82) is 0 Å². The zero-order valence-corrected chi connectivity index (χ0v) is 18.6. The Kier molecular flexibility index (Phi) is 4.58. The molecule has 0 atom stereocenters. The second kappa shape index (κ2) is 7.51. The monoisotopic (exact) mass is 472 g/mol. The van der Waals surface area contributed by atoms with E-state index in [0.717, 1.165) is 27.3 Å². The number of fused-ring (bicyclic) bond motifs is 3. The Bertz CT molecular complexity index is 1820. The van der Waals surface area contributed by atoms with Crippen molar-refractivity contribution in [3.8, 4) is 5.75 Å². The molecule has 1 heterocycles. The summed E-state index contributed by atoms with van der Waals surface area (Å²) in [5.41, 5.74) is 1.71. The zero-order chi connectivity index (χ0) is 22.7. The van der Waals surface area contributed by atoms with Crippen molar-refractivity contribution in [3.63, 3.8) is 0 Å². The molecule has 5 heteroatoms. The van der Waals surface area contributed by atoms with Crippen LogP contribution in [0.25, 0.3) is 54.3 Å². The topological polar surface area (TPSA) is 33.4 Å². The van der Waals surface area contributed by atoms with Gasteiger partial charge in [-0.05, 0) is 45.8 Å². The van der Waals surface area contributed by atoms with Crippen molar-refractivity contribution in [2.24, 2.45) is 0 Å². The van der Waals surface area contributed by atoms with Crippen LogP contribution in [0.3, 0.4) is 0 Å². The highest BCUT2D eigenvalue weighted by molar-refractivity contribution is 6.38. The molecule has 0 saturated heterocycles. The maximum Gasteiger partial charge on any atom is 0.154 e. The van der Waals surface area contributed by atoms with Gasteiger partial charge in [-0.2, -0.15) is 0 Å². The summed E-state index contributed by atoms with van der Waals surface area (Å²) in [7, 11) is 0. The van der Waals surface area contributed by atoms with E-state index in [1.165, 1.54) is 22.2 Å². The quantitative estimate of drug-likeness (QED) is 0.223. The molecule has 0 aliphatic heterocycles. The predicted molar refractivity (Wildman–Crippen MR) is 136 cm³/mol. The van der Waals surface area contributed by atoms with Crippen LogP contribution in [0, 0.1) is 5.82 Å². The number of halogens is 3. The molecule has 0 amide bonds. The summed E-state index contributed by atoms with van der Waals surface area (Å²) >= 11 is 12.0. The van der Waals surface area contributed by atoms with Gasteiger partial charge in [0.25, 0.3) is 0 Å². The second-order valence-corrected chi connectivity index (χ2v) is 8.71. The number of furan rings is 1. The highest BCUT2D eigenvalue weighted by atomic mass is 35.5. The number of rotatable bonds is 0. The fraction of sp³-hybridized carbons (Fsp3) is 0. The fourth-order valence-electron chi connectivity index (χ4n) is 4.50. The first-order chi connectivity index (χ1) is 16.0. The third kappa shape index (κ3) is 3.08. The third-order valence-electron chi connectivity index (χ3n) is 6.00. The minimum atomic E-state index is -0.356. The maximum absolute atomic E-state index is 13.9. The molecule has 0 aliphatic carbocycles. The van der Waals surface area contributed by atoms with E-state index in [4.69, 9.17) is 27.6 Å². The van der Waals surface area contributed by atoms with Crippen molar-refractivity contribution in [2.75, 3.05) is 0 Å². The van der Waals surface area contributed by atoms with Crippen LogP contribution >= 0.6 is 23.2 Å². The van der Waals surface area contributed by atoms with E-state index >= 15 is 0 Å². The van der Waals surface area contributed by atoms with E-state index in [2.05, 4.69) is 18.2 Å². The molecular formula is C28H15Cl2FO2. The Balaban J connectivity index is 0.000000125. The van der Waals surface area contributed by atoms with Gasteiger partial charge in [-0.1, -0.05) is 83.9 Å². The number of hydrogen-bond acceptors (Lipinski definition) is 2. The van der Waals surface area contributed by atoms with Gasteiger partial charge in [-0.25, -0.2) is 4.39 Å². The average molecular weight is 473 g/mol. The summed E-state index contributed by atoms with van der Waals surface area (Å²) < 4.78 is 19.7. The van der Waals surface area contributed by atoms with E-state index < -0.39 is 0 Å². The van der Waals surface area contributed by atoms with Gasteiger partial charge < -0.3 is 9.52 Å². The van der Waals surface area contributed by atoms with Crippen LogP contribution in [0.5, 0.6) is 5.75 Å². The van der Waals surface area contributed by atoms with Crippen molar-refractivity contribution in [1.82, 2.24) is 0 Å². The molecule has 2 nitrogen and oxygen atoms in total. The Morgan fingerprint density at radius 3 is 1.85 bits per heavy atom. The first-order valence-electron chi connectivity index (χ1n) is 10.3. The molecule has 0 fully saturated rings. The normalized spacial score (nSPS) is 11.6. The van der Waals surface area contributed by atoms with Crippen LogP contribution in [0.2, 0.25) is 10.0 Å². The molecule has 0 saturated carbocycles. The Labute approximate surface area is 197 Å². The molecule has 1 N–H and O–H groups in total. The fourth-order valence-corrected chi connectivity index (χ4v) is 4.86. The number of hydrogen-bond donors (Lipinski definition) is 1. The SMILES string of the molecule is Clc1ccc2ccc3cccc4oc1c2c34.Oc1c(Cl)ccc2ccc3cccc(F)c3c12. The summed E-state index contributed by atoms with van der Waals surface area (Å²) in [6, 6.07) is 26.1.